The lowest BCUT2D eigenvalue weighted by molar-refractivity contribution is 0.0945. The van der Waals surface area contributed by atoms with E-state index in [-0.39, 0.29) is 11.8 Å². The number of halogens is 1. The molecule has 0 aliphatic heterocycles. The first-order valence-corrected chi connectivity index (χ1v) is 8.39. The summed E-state index contributed by atoms with van der Waals surface area (Å²) in [6.07, 6.45) is 0. The number of amides is 1. The maximum absolute atomic E-state index is 12.3. The predicted molar refractivity (Wildman–Crippen MR) is 97.1 cm³/mol. The Balaban J connectivity index is 2.06. The second-order valence-electron chi connectivity index (χ2n) is 6.15. The number of nitrogens with one attached hydrogen (secondary N) is 2. The van der Waals surface area contributed by atoms with Crippen molar-refractivity contribution in [2.45, 2.75) is 33.2 Å². The number of aromatic nitrogens is 2. The summed E-state index contributed by atoms with van der Waals surface area (Å²) in [7, 11) is 4.04. The molecule has 0 aliphatic carbocycles. The zero-order chi connectivity index (χ0) is 17.1. The SMILES string of the molecule is Cc1cc(CNC(=O)c2n[nH]c(C(C)C)c2Br)ccc1N(C)C. The highest BCUT2D eigenvalue weighted by atomic mass is 79.9. The van der Waals surface area contributed by atoms with Gasteiger partial charge in [-0.3, -0.25) is 9.89 Å². The topological polar surface area (TPSA) is 61.0 Å². The van der Waals surface area contributed by atoms with E-state index in [1.54, 1.807) is 0 Å². The summed E-state index contributed by atoms with van der Waals surface area (Å²) in [6.45, 7) is 6.65. The zero-order valence-corrected chi connectivity index (χ0v) is 15.8. The van der Waals surface area contributed by atoms with E-state index in [9.17, 15) is 4.79 Å². The van der Waals surface area contributed by atoms with Gasteiger partial charge in [0.25, 0.3) is 5.91 Å². The van der Waals surface area contributed by atoms with E-state index < -0.39 is 0 Å². The van der Waals surface area contributed by atoms with E-state index in [0.29, 0.717) is 12.2 Å². The molecule has 0 spiro atoms. The fourth-order valence-electron chi connectivity index (χ4n) is 2.47. The fraction of sp³-hybridized carbons (Fsp3) is 0.412. The maximum atomic E-state index is 12.3. The van der Waals surface area contributed by atoms with Crippen molar-refractivity contribution in [3.05, 3.63) is 45.2 Å². The Bertz CT molecular complexity index is 707. The first kappa shape index (κ1) is 17.5. The van der Waals surface area contributed by atoms with Gasteiger partial charge in [0, 0.05) is 26.3 Å². The highest BCUT2D eigenvalue weighted by molar-refractivity contribution is 9.10. The van der Waals surface area contributed by atoms with Crippen LogP contribution in [0.1, 0.15) is 47.1 Å². The smallest absolute Gasteiger partial charge is 0.273 e. The van der Waals surface area contributed by atoms with Crippen LogP contribution in [-0.2, 0) is 6.54 Å². The molecule has 1 heterocycles. The van der Waals surface area contributed by atoms with Crippen molar-refractivity contribution < 1.29 is 4.79 Å². The number of rotatable bonds is 5. The van der Waals surface area contributed by atoms with E-state index in [1.165, 1.54) is 11.3 Å². The number of benzene rings is 1. The molecule has 0 fully saturated rings. The lowest BCUT2D eigenvalue weighted by atomic mass is 10.1. The Kier molecular flexibility index (Phi) is 5.46. The summed E-state index contributed by atoms with van der Waals surface area (Å²) in [4.78, 5) is 14.4. The highest BCUT2D eigenvalue weighted by Gasteiger charge is 2.19. The van der Waals surface area contributed by atoms with E-state index in [1.807, 2.05) is 20.2 Å². The Morgan fingerprint density at radius 2 is 2.09 bits per heavy atom. The van der Waals surface area contributed by atoms with Gasteiger partial charge in [0.05, 0.1) is 10.2 Å². The van der Waals surface area contributed by atoms with Crippen molar-refractivity contribution in [2.75, 3.05) is 19.0 Å². The lowest BCUT2D eigenvalue weighted by Crippen LogP contribution is -2.23. The number of hydrogen-bond acceptors (Lipinski definition) is 3. The third kappa shape index (κ3) is 3.93. The quantitative estimate of drug-likeness (QED) is 0.835. The first-order valence-electron chi connectivity index (χ1n) is 7.60. The lowest BCUT2D eigenvalue weighted by Gasteiger charge is -2.16. The molecule has 0 saturated carbocycles. The van der Waals surface area contributed by atoms with Gasteiger partial charge in [0.2, 0.25) is 0 Å². The van der Waals surface area contributed by atoms with Crippen molar-refractivity contribution >= 4 is 27.5 Å². The molecular weight excluding hydrogens is 356 g/mol. The molecule has 2 N–H and O–H groups in total. The van der Waals surface area contributed by atoms with Crippen LogP contribution in [-0.4, -0.2) is 30.2 Å². The van der Waals surface area contributed by atoms with Gasteiger partial charge in [-0.15, -0.1) is 0 Å². The Morgan fingerprint density at radius 1 is 1.39 bits per heavy atom. The molecule has 0 bridgehead atoms. The van der Waals surface area contributed by atoms with Gasteiger partial charge in [-0.25, -0.2) is 0 Å². The van der Waals surface area contributed by atoms with Crippen LogP contribution in [0.15, 0.2) is 22.7 Å². The van der Waals surface area contributed by atoms with Crippen LogP contribution in [0.25, 0.3) is 0 Å². The Morgan fingerprint density at radius 3 is 2.61 bits per heavy atom. The molecule has 1 aromatic carbocycles. The average molecular weight is 379 g/mol. The predicted octanol–water partition coefficient (Wildman–Crippen LogP) is 3.60. The normalized spacial score (nSPS) is 10.9. The zero-order valence-electron chi connectivity index (χ0n) is 14.2. The van der Waals surface area contributed by atoms with Crippen molar-refractivity contribution in [3.8, 4) is 0 Å². The standard InChI is InChI=1S/C17H23BrN4O/c1-10(2)15-14(18)16(21-20-15)17(23)19-9-12-6-7-13(22(4)5)11(3)8-12/h6-8,10H,9H2,1-5H3,(H,19,23)(H,20,21). The van der Waals surface area contributed by atoms with Crippen LogP contribution in [0.5, 0.6) is 0 Å². The van der Waals surface area contributed by atoms with Gasteiger partial charge >= 0.3 is 0 Å². The van der Waals surface area contributed by atoms with Crippen LogP contribution < -0.4 is 10.2 Å². The number of hydrogen-bond donors (Lipinski definition) is 2. The average Bonchev–Trinajstić information content (AvgIpc) is 2.86. The summed E-state index contributed by atoms with van der Waals surface area (Å²) >= 11 is 3.46. The summed E-state index contributed by atoms with van der Waals surface area (Å²) in [5.74, 6) is 0.0917. The molecule has 0 saturated heterocycles. The Labute approximate surface area is 145 Å². The van der Waals surface area contributed by atoms with E-state index in [2.05, 4.69) is 69.2 Å². The largest absolute Gasteiger partial charge is 0.377 e. The van der Waals surface area contributed by atoms with Crippen LogP contribution >= 0.6 is 15.9 Å². The summed E-state index contributed by atoms with van der Waals surface area (Å²) in [6, 6.07) is 6.19. The molecule has 0 unspecified atom stereocenters. The minimum atomic E-state index is -0.186. The van der Waals surface area contributed by atoms with Crippen LogP contribution in [0.4, 0.5) is 5.69 Å². The van der Waals surface area contributed by atoms with Crippen molar-refractivity contribution in [3.63, 3.8) is 0 Å². The number of anilines is 1. The van der Waals surface area contributed by atoms with Gasteiger partial charge in [-0.1, -0.05) is 26.0 Å². The number of nitrogens with zero attached hydrogens (tertiary/aromatic N) is 2. The molecule has 5 nitrogen and oxygen atoms in total. The molecule has 2 rings (SSSR count). The van der Waals surface area contributed by atoms with E-state index in [0.717, 1.165) is 15.7 Å². The van der Waals surface area contributed by atoms with Crippen molar-refractivity contribution in [1.82, 2.24) is 15.5 Å². The third-order valence-electron chi connectivity index (χ3n) is 3.72. The third-order valence-corrected chi connectivity index (χ3v) is 4.52. The van der Waals surface area contributed by atoms with Gasteiger partial charge in [-0.05, 0) is 46.0 Å². The number of carbonyl (C=O) groups excluding carboxylic acids is 1. The van der Waals surface area contributed by atoms with E-state index in [4.69, 9.17) is 0 Å². The minimum absolute atomic E-state index is 0.186. The minimum Gasteiger partial charge on any atom is -0.377 e. The summed E-state index contributed by atoms with van der Waals surface area (Å²) in [5, 5.41) is 9.95. The van der Waals surface area contributed by atoms with Gasteiger partial charge in [0.15, 0.2) is 5.69 Å². The molecule has 0 atom stereocenters. The van der Waals surface area contributed by atoms with E-state index >= 15 is 0 Å². The molecule has 0 aliphatic rings. The molecule has 1 aromatic heterocycles. The second-order valence-corrected chi connectivity index (χ2v) is 6.95. The summed E-state index contributed by atoms with van der Waals surface area (Å²) < 4.78 is 0.740. The van der Waals surface area contributed by atoms with Gasteiger partial charge < -0.3 is 10.2 Å². The van der Waals surface area contributed by atoms with Crippen LogP contribution in [0.2, 0.25) is 0 Å². The highest BCUT2D eigenvalue weighted by Crippen LogP contribution is 2.25. The molecule has 0 radical (unpaired) electrons. The molecule has 124 valence electrons. The molecule has 2 aromatic rings. The fourth-order valence-corrected chi connectivity index (χ4v) is 3.29. The number of aryl methyl sites for hydroxylation is 1. The first-order chi connectivity index (χ1) is 10.8. The number of carbonyl (C=O) groups is 1. The van der Waals surface area contributed by atoms with Crippen LogP contribution in [0.3, 0.4) is 0 Å². The van der Waals surface area contributed by atoms with Crippen LogP contribution in [0, 0.1) is 6.92 Å². The monoisotopic (exact) mass is 378 g/mol. The van der Waals surface area contributed by atoms with Crippen molar-refractivity contribution in [2.24, 2.45) is 0 Å². The number of aromatic amines is 1. The number of H-pyrrole nitrogens is 1. The molecule has 6 heteroatoms. The summed E-state index contributed by atoms with van der Waals surface area (Å²) in [5.41, 5.74) is 4.76. The molecular formula is C17H23BrN4O. The van der Waals surface area contributed by atoms with Gasteiger partial charge in [0.1, 0.15) is 0 Å². The van der Waals surface area contributed by atoms with Gasteiger partial charge in [-0.2, -0.15) is 5.10 Å². The molecule has 1 amide bonds. The second kappa shape index (κ2) is 7.17. The maximum Gasteiger partial charge on any atom is 0.273 e. The van der Waals surface area contributed by atoms with Crippen molar-refractivity contribution in [1.29, 1.82) is 0 Å². The Hall–Kier alpha value is -1.82. The molecule has 23 heavy (non-hydrogen) atoms.